The number of nitrogens with zero attached hydrogens (tertiary/aromatic N) is 1. The first kappa shape index (κ1) is 14.3. The smallest absolute Gasteiger partial charge is 0.280 e. The van der Waals surface area contributed by atoms with Gasteiger partial charge in [0, 0.05) is 6.07 Å². The standard InChI is InChI=1S/C15H10N2O4S/c16-15-8-12(18)14(22-15)7-9-5-6-13(21-9)10-3-1-2-4-11(10)17(19)20/h1-7,16H,8H2/b14-7-,16-15?. The lowest BCUT2D eigenvalue weighted by molar-refractivity contribution is -0.384. The quantitative estimate of drug-likeness (QED) is 0.526. The lowest BCUT2D eigenvalue weighted by atomic mass is 10.1. The highest BCUT2D eigenvalue weighted by Gasteiger charge is 2.23. The van der Waals surface area contributed by atoms with E-state index >= 15 is 0 Å². The van der Waals surface area contributed by atoms with E-state index in [1.807, 2.05) is 0 Å². The van der Waals surface area contributed by atoms with E-state index in [0.717, 1.165) is 11.8 Å². The van der Waals surface area contributed by atoms with Crippen molar-refractivity contribution in [3.8, 4) is 11.3 Å². The Labute approximate surface area is 129 Å². The molecule has 0 bridgehead atoms. The third-order valence-corrected chi connectivity index (χ3v) is 4.05. The molecular weight excluding hydrogens is 304 g/mol. The number of ketones is 1. The lowest BCUT2D eigenvalue weighted by Gasteiger charge is -1.98. The summed E-state index contributed by atoms with van der Waals surface area (Å²) in [6, 6.07) is 9.58. The van der Waals surface area contributed by atoms with E-state index in [1.165, 1.54) is 6.07 Å². The second-order valence-corrected chi connectivity index (χ2v) is 5.75. The number of nitrogens with one attached hydrogen (secondary N) is 1. The summed E-state index contributed by atoms with van der Waals surface area (Å²) in [6.45, 7) is 0. The Morgan fingerprint density at radius 2 is 2.05 bits per heavy atom. The van der Waals surface area contributed by atoms with Crippen molar-refractivity contribution in [1.82, 2.24) is 0 Å². The SMILES string of the molecule is N=C1CC(=O)/C(=C/c2ccc(-c3ccccc3[N+](=O)[O-])o2)S1. The van der Waals surface area contributed by atoms with E-state index < -0.39 is 4.92 Å². The summed E-state index contributed by atoms with van der Waals surface area (Å²) in [7, 11) is 0. The molecule has 1 aromatic heterocycles. The van der Waals surface area contributed by atoms with Gasteiger partial charge in [0.25, 0.3) is 5.69 Å². The number of thioether (sulfide) groups is 1. The average molecular weight is 314 g/mol. The van der Waals surface area contributed by atoms with Crippen LogP contribution in [0.2, 0.25) is 0 Å². The topological polar surface area (TPSA) is 97.2 Å². The first-order valence-corrected chi connectivity index (χ1v) is 7.20. The molecule has 110 valence electrons. The summed E-state index contributed by atoms with van der Waals surface area (Å²) in [4.78, 5) is 22.7. The molecular formula is C15H10N2O4S. The summed E-state index contributed by atoms with van der Waals surface area (Å²) >= 11 is 1.11. The zero-order valence-corrected chi connectivity index (χ0v) is 12.1. The summed E-state index contributed by atoms with van der Waals surface area (Å²) < 4.78 is 5.59. The molecule has 1 fully saturated rings. The molecule has 0 radical (unpaired) electrons. The Hall–Kier alpha value is -2.67. The summed E-state index contributed by atoms with van der Waals surface area (Å²) in [5.41, 5.74) is 0.347. The molecule has 0 saturated carbocycles. The number of carbonyl (C=O) groups is 1. The van der Waals surface area contributed by atoms with Crippen LogP contribution in [-0.2, 0) is 4.79 Å². The maximum Gasteiger partial charge on any atom is 0.280 e. The Bertz CT molecular complexity index is 822. The van der Waals surface area contributed by atoms with Crippen molar-refractivity contribution < 1.29 is 14.1 Å². The molecule has 2 heterocycles. The highest BCUT2D eigenvalue weighted by Crippen LogP contribution is 2.34. The van der Waals surface area contributed by atoms with Crippen molar-refractivity contribution in [3.63, 3.8) is 0 Å². The third kappa shape index (κ3) is 2.71. The lowest BCUT2D eigenvalue weighted by Crippen LogP contribution is -1.91. The van der Waals surface area contributed by atoms with Gasteiger partial charge in [0.05, 0.1) is 26.9 Å². The van der Waals surface area contributed by atoms with Crippen LogP contribution in [0.1, 0.15) is 12.2 Å². The molecule has 0 unspecified atom stereocenters. The fourth-order valence-electron chi connectivity index (χ4n) is 2.11. The van der Waals surface area contributed by atoms with Crippen LogP contribution < -0.4 is 0 Å². The van der Waals surface area contributed by atoms with Gasteiger partial charge >= 0.3 is 0 Å². The van der Waals surface area contributed by atoms with Crippen LogP contribution in [0.3, 0.4) is 0 Å². The number of carbonyl (C=O) groups excluding carboxylic acids is 1. The fraction of sp³-hybridized carbons (Fsp3) is 0.0667. The number of hydrogen-bond acceptors (Lipinski definition) is 6. The molecule has 6 nitrogen and oxygen atoms in total. The summed E-state index contributed by atoms with van der Waals surface area (Å²) in [5.74, 6) is 0.682. The number of nitro benzene ring substituents is 1. The van der Waals surface area contributed by atoms with Crippen LogP contribution in [0.15, 0.2) is 45.7 Å². The fourth-order valence-corrected chi connectivity index (χ4v) is 2.94. The zero-order valence-electron chi connectivity index (χ0n) is 11.2. The number of nitro groups is 1. The maximum atomic E-state index is 11.6. The molecule has 0 aliphatic carbocycles. The summed E-state index contributed by atoms with van der Waals surface area (Å²) in [6.07, 6.45) is 1.68. The Morgan fingerprint density at radius 1 is 1.27 bits per heavy atom. The molecule has 0 atom stereocenters. The number of benzene rings is 1. The van der Waals surface area contributed by atoms with Crippen LogP contribution in [0.5, 0.6) is 0 Å². The minimum Gasteiger partial charge on any atom is -0.456 e. The Balaban J connectivity index is 1.95. The first-order valence-electron chi connectivity index (χ1n) is 6.38. The van der Waals surface area contributed by atoms with E-state index in [1.54, 1.807) is 36.4 Å². The molecule has 1 aliphatic rings. The van der Waals surface area contributed by atoms with Crippen LogP contribution in [-0.4, -0.2) is 15.8 Å². The molecule has 22 heavy (non-hydrogen) atoms. The van der Waals surface area contributed by atoms with Crippen LogP contribution in [0, 0.1) is 15.5 Å². The molecule has 7 heteroatoms. The maximum absolute atomic E-state index is 11.6. The van der Waals surface area contributed by atoms with Crippen molar-refractivity contribution in [2.45, 2.75) is 6.42 Å². The number of Topliss-reactive ketones (excluding diaryl/α,β-unsaturated/α-hetero) is 1. The van der Waals surface area contributed by atoms with Gasteiger partial charge in [-0.15, -0.1) is 0 Å². The molecule has 1 saturated heterocycles. The van der Waals surface area contributed by atoms with Gasteiger partial charge in [-0.3, -0.25) is 20.3 Å². The zero-order chi connectivity index (χ0) is 15.7. The van der Waals surface area contributed by atoms with Gasteiger partial charge in [0.15, 0.2) is 5.78 Å². The van der Waals surface area contributed by atoms with Crippen molar-refractivity contribution in [2.24, 2.45) is 0 Å². The second kappa shape index (κ2) is 5.61. The molecule has 1 aromatic carbocycles. The van der Waals surface area contributed by atoms with Crippen molar-refractivity contribution in [1.29, 1.82) is 5.41 Å². The monoisotopic (exact) mass is 314 g/mol. The van der Waals surface area contributed by atoms with Crippen molar-refractivity contribution in [3.05, 3.63) is 57.2 Å². The van der Waals surface area contributed by atoms with Gasteiger partial charge in [-0.05, 0) is 24.3 Å². The summed E-state index contributed by atoms with van der Waals surface area (Å²) in [5, 5.41) is 18.8. The van der Waals surface area contributed by atoms with E-state index in [9.17, 15) is 14.9 Å². The van der Waals surface area contributed by atoms with Crippen LogP contribution >= 0.6 is 11.8 Å². The molecule has 0 amide bonds. The molecule has 3 rings (SSSR count). The number of furan rings is 1. The van der Waals surface area contributed by atoms with Gasteiger partial charge in [-0.25, -0.2) is 0 Å². The highest BCUT2D eigenvalue weighted by atomic mass is 32.2. The van der Waals surface area contributed by atoms with E-state index in [0.29, 0.717) is 27.0 Å². The average Bonchev–Trinajstić information content (AvgIpc) is 3.06. The van der Waals surface area contributed by atoms with Crippen molar-refractivity contribution in [2.75, 3.05) is 0 Å². The predicted molar refractivity (Wildman–Crippen MR) is 83.7 cm³/mol. The molecule has 1 aliphatic heterocycles. The van der Waals surface area contributed by atoms with E-state index in [4.69, 9.17) is 9.83 Å². The Morgan fingerprint density at radius 3 is 2.73 bits per heavy atom. The molecule has 1 N–H and O–H groups in total. The third-order valence-electron chi connectivity index (χ3n) is 3.10. The number of hydrogen-bond donors (Lipinski definition) is 1. The van der Waals surface area contributed by atoms with Gasteiger partial charge in [-0.2, -0.15) is 0 Å². The van der Waals surface area contributed by atoms with Gasteiger partial charge < -0.3 is 4.42 Å². The minimum absolute atomic E-state index is 0.0378. The van der Waals surface area contributed by atoms with Gasteiger partial charge in [0.2, 0.25) is 0 Å². The van der Waals surface area contributed by atoms with Crippen molar-refractivity contribution >= 4 is 34.4 Å². The molecule has 2 aromatic rings. The predicted octanol–water partition coefficient (Wildman–Crippen LogP) is 3.88. The van der Waals surface area contributed by atoms with Gasteiger partial charge in [-0.1, -0.05) is 23.9 Å². The van der Waals surface area contributed by atoms with E-state index in [-0.39, 0.29) is 17.9 Å². The number of para-hydroxylation sites is 1. The minimum atomic E-state index is -0.465. The second-order valence-electron chi connectivity index (χ2n) is 4.61. The normalized spacial score (nSPS) is 16.5. The first-order chi connectivity index (χ1) is 10.5. The number of rotatable bonds is 3. The van der Waals surface area contributed by atoms with Crippen LogP contribution in [0.25, 0.3) is 17.4 Å². The van der Waals surface area contributed by atoms with Crippen LogP contribution in [0.4, 0.5) is 5.69 Å². The highest BCUT2D eigenvalue weighted by molar-refractivity contribution is 8.18. The largest absolute Gasteiger partial charge is 0.456 e. The Kier molecular flexibility index (Phi) is 3.64. The number of allylic oxidation sites excluding steroid dienone is 1. The molecule has 0 spiro atoms. The van der Waals surface area contributed by atoms with Gasteiger partial charge in [0.1, 0.15) is 11.5 Å². The van der Waals surface area contributed by atoms with E-state index in [2.05, 4.69) is 0 Å².